The average Bonchev–Trinajstić information content (AvgIpc) is 1.82. The molecule has 0 rings (SSSR count). The molecule has 0 heterocycles. The molecule has 0 aromatic rings. The van der Waals surface area contributed by atoms with Crippen molar-refractivity contribution in [3.63, 3.8) is 0 Å². The van der Waals surface area contributed by atoms with Crippen LogP contribution in [0.3, 0.4) is 0 Å². The summed E-state index contributed by atoms with van der Waals surface area (Å²) in [7, 11) is 4.00. The SMILES string of the molecule is CCC(CC=O)N(C)C. The predicted molar refractivity (Wildman–Crippen MR) is 38.4 cm³/mol. The Morgan fingerprint density at radius 2 is 2.11 bits per heavy atom. The summed E-state index contributed by atoms with van der Waals surface area (Å²) in [5.41, 5.74) is 0. The molecule has 0 saturated carbocycles. The first kappa shape index (κ1) is 8.63. The average molecular weight is 129 g/mol. The van der Waals surface area contributed by atoms with Crippen molar-refractivity contribution in [2.75, 3.05) is 14.1 Å². The fraction of sp³-hybridized carbons (Fsp3) is 0.857. The van der Waals surface area contributed by atoms with Gasteiger partial charge in [-0.3, -0.25) is 0 Å². The van der Waals surface area contributed by atoms with Crippen LogP contribution in [-0.2, 0) is 4.79 Å². The molecule has 0 N–H and O–H groups in total. The highest BCUT2D eigenvalue weighted by Gasteiger charge is 2.05. The van der Waals surface area contributed by atoms with Gasteiger partial charge in [-0.25, -0.2) is 0 Å². The molecule has 0 spiro atoms. The molecular formula is C7H15NO. The lowest BCUT2D eigenvalue weighted by molar-refractivity contribution is -0.108. The van der Waals surface area contributed by atoms with Gasteiger partial charge in [0.2, 0.25) is 0 Å². The van der Waals surface area contributed by atoms with Crippen molar-refractivity contribution >= 4 is 6.29 Å². The number of carbonyl (C=O) groups excluding carboxylic acids is 1. The maximum atomic E-state index is 10.1. The largest absolute Gasteiger partial charge is 0.306 e. The summed E-state index contributed by atoms with van der Waals surface area (Å²) in [4.78, 5) is 12.1. The van der Waals surface area contributed by atoms with Crippen molar-refractivity contribution in [3.05, 3.63) is 0 Å². The first-order chi connectivity index (χ1) is 4.22. The molecule has 0 aliphatic rings. The summed E-state index contributed by atoms with van der Waals surface area (Å²) >= 11 is 0. The Morgan fingerprint density at radius 3 is 2.22 bits per heavy atom. The molecule has 9 heavy (non-hydrogen) atoms. The van der Waals surface area contributed by atoms with E-state index >= 15 is 0 Å². The molecule has 0 aliphatic carbocycles. The number of carbonyl (C=O) groups is 1. The van der Waals surface area contributed by atoms with Gasteiger partial charge in [0, 0.05) is 12.5 Å². The number of aldehydes is 1. The Morgan fingerprint density at radius 1 is 1.56 bits per heavy atom. The molecule has 1 atom stereocenters. The standard InChI is InChI=1S/C7H15NO/c1-4-7(5-6-9)8(2)3/h6-7H,4-5H2,1-3H3. The molecule has 2 heteroatoms. The van der Waals surface area contributed by atoms with Crippen LogP contribution in [0.2, 0.25) is 0 Å². The molecule has 54 valence electrons. The molecule has 0 aliphatic heterocycles. The summed E-state index contributed by atoms with van der Waals surface area (Å²) in [6.45, 7) is 2.09. The lowest BCUT2D eigenvalue weighted by Crippen LogP contribution is -2.27. The van der Waals surface area contributed by atoms with Crippen molar-refractivity contribution in [2.24, 2.45) is 0 Å². The smallest absolute Gasteiger partial charge is 0.121 e. The molecule has 0 radical (unpaired) electrons. The van der Waals surface area contributed by atoms with Gasteiger partial charge < -0.3 is 9.69 Å². The van der Waals surface area contributed by atoms with Gasteiger partial charge in [-0.1, -0.05) is 6.92 Å². The fourth-order valence-corrected chi connectivity index (χ4v) is 0.854. The van der Waals surface area contributed by atoms with Crippen LogP contribution in [-0.4, -0.2) is 31.3 Å². The van der Waals surface area contributed by atoms with Crippen molar-refractivity contribution in [3.8, 4) is 0 Å². The van der Waals surface area contributed by atoms with Crippen LogP contribution in [0.1, 0.15) is 19.8 Å². The van der Waals surface area contributed by atoms with Gasteiger partial charge in [0.25, 0.3) is 0 Å². The Balaban J connectivity index is 3.53. The molecule has 0 aromatic carbocycles. The monoisotopic (exact) mass is 129 g/mol. The highest BCUT2D eigenvalue weighted by molar-refractivity contribution is 5.50. The van der Waals surface area contributed by atoms with Gasteiger partial charge in [0.05, 0.1) is 0 Å². The third kappa shape index (κ3) is 3.25. The van der Waals surface area contributed by atoms with Crippen LogP contribution in [0.25, 0.3) is 0 Å². The van der Waals surface area contributed by atoms with Gasteiger partial charge in [0.15, 0.2) is 0 Å². The molecule has 0 amide bonds. The van der Waals surface area contributed by atoms with Crippen LogP contribution in [0, 0.1) is 0 Å². The normalized spacial score (nSPS) is 13.8. The molecule has 0 fully saturated rings. The van der Waals surface area contributed by atoms with E-state index in [-0.39, 0.29) is 0 Å². The molecule has 0 bridgehead atoms. The molecule has 0 aromatic heterocycles. The Hall–Kier alpha value is -0.370. The van der Waals surface area contributed by atoms with E-state index in [1.54, 1.807) is 0 Å². The summed E-state index contributed by atoms with van der Waals surface area (Å²) in [5.74, 6) is 0. The third-order valence-electron chi connectivity index (χ3n) is 1.57. The van der Waals surface area contributed by atoms with E-state index in [0.29, 0.717) is 12.5 Å². The summed E-state index contributed by atoms with van der Waals surface area (Å²) in [6.07, 6.45) is 2.68. The number of rotatable bonds is 4. The molecular weight excluding hydrogens is 114 g/mol. The zero-order valence-corrected chi connectivity index (χ0v) is 6.42. The summed E-state index contributed by atoms with van der Waals surface area (Å²) in [6, 6.07) is 0.433. The van der Waals surface area contributed by atoms with E-state index in [4.69, 9.17) is 0 Å². The molecule has 1 unspecified atom stereocenters. The highest BCUT2D eigenvalue weighted by Crippen LogP contribution is 2.00. The number of nitrogens with zero attached hydrogens (tertiary/aromatic N) is 1. The van der Waals surface area contributed by atoms with Gasteiger partial charge in [0.1, 0.15) is 6.29 Å². The lowest BCUT2D eigenvalue weighted by atomic mass is 10.1. The second-order valence-corrected chi connectivity index (χ2v) is 2.43. The minimum Gasteiger partial charge on any atom is -0.306 e. The van der Waals surface area contributed by atoms with Crippen LogP contribution in [0.15, 0.2) is 0 Å². The van der Waals surface area contributed by atoms with E-state index in [1.165, 1.54) is 0 Å². The van der Waals surface area contributed by atoms with Crippen molar-refractivity contribution in [1.29, 1.82) is 0 Å². The van der Waals surface area contributed by atoms with Gasteiger partial charge in [-0.15, -0.1) is 0 Å². The summed E-state index contributed by atoms with van der Waals surface area (Å²) < 4.78 is 0. The van der Waals surface area contributed by atoms with Gasteiger partial charge >= 0.3 is 0 Å². The van der Waals surface area contributed by atoms with E-state index in [9.17, 15) is 4.79 Å². The van der Waals surface area contributed by atoms with Crippen LogP contribution < -0.4 is 0 Å². The Labute approximate surface area is 56.9 Å². The van der Waals surface area contributed by atoms with Crippen molar-refractivity contribution in [2.45, 2.75) is 25.8 Å². The first-order valence-electron chi connectivity index (χ1n) is 3.32. The van der Waals surface area contributed by atoms with Crippen molar-refractivity contribution in [1.82, 2.24) is 4.90 Å². The topological polar surface area (TPSA) is 20.3 Å². The number of hydrogen-bond donors (Lipinski definition) is 0. The maximum absolute atomic E-state index is 10.1. The van der Waals surface area contributed by atoms with Crippen LogP contribution in [0.5, 0.6) is 0 Å². The zero-order valence-electron chi connectivity index (χ0n) is 6.42. The van der Waals surface area contributed by atoms with E-state index in [2.05, 4.69) is 11.8 Å². The quantitative estimate of drug-likeness (QED) is 0.526. The van der Waals surface area contributed by atoms with E-state index in [0.717, 1.165) is 12.7 Å². The van der Waals surface area contributed by atoms with Crippen LogP contribution in [0.4, 0.5) is 0 Å². The molecule has 2 nitrogen and oxygen atoms in total. The zero-order chi connectivity index (χ0) is 7.28. The fourth-order valence-electron chi connectivity index (χ4n) is 0.854. The van der Waals surface area contributed by atoms with Crippen LogP contribution >= 0.6 is 0 Å². The maximum Gasteiger partial charge on any atom is 0.121 e. The Bertz CT molecular complexity index is 81.0. The minimum atomic E-state index is 0.433. The van der Waals surface area contributed by atoms with Gasteiger partial charge in [-0.2, -0.15) is 0 Å². The lowest BCUT2D eigenvalue weighted by Gasteiger charge is -2.19. The van der Waals surface area contributed by atoms with E-state index < -0.39 is 0 Å². The highest BCUT2D eigenvalue weighted by atomic mass is 16.1. The molecule has 0 saturated heterocycles. The summed E-state index contributed by atoms with van der Waals surface area (Å²) in [5, 5.41) is 0. The second-order valence-electron chi connectivity index (χ2n) is 2.43. The minimum absolute atomic E-state index is 0.433. The van der Waals surface area contributed by atoms with Gasteiger partial charge in [-0.05, 0) is 20.5 Å². The van der Waals surface area contributed by atoms with E-state index in [1.807, 2.05) is 14.1 Å². The Kier molecular flexibility index (Phi) is 4.32. The number of hydrogen-bond acceptors (Lipinski definition) is 2. The first-order valence-corrected chi connectivity index (χ1v) is 3.32. The third-order valence-corrected chi connectivity index (χ3v) is 1.57. The predicted octanol–water partition coefficient (Wildman–Crippen LogP) is 0.916. The second kappa shape index (κ2) is 4.50. The van der Waals surface area contributed by atoms with Crippen molar-refractivity contribution < 1.29 is 4.79 Å².